The maximum absolute atomic E-state index is 13.7. The number of carbonyl (C=O) groups is 2. The number of benzene rings is 2. The van der Waals surface area contributed by atoms with Crippen LogP contribution in [0.1, 0.15) is 67.2 Å². The summed E-state index contributed by atoms with van der Waals surface area (Å²) in [5.41, 5.74) is 5.57. The molecule has 2 heterocycles. The number of hydrogen-bond acceptors (Lipinski definition) is 5. The largest absolute Gasteiger partial charge is 0.493 e. The summed E-state index contributed by atoms with van der Waals surface area (Å²) in [6.45, 7) is 6.28. The number of amides is 1. The van der Waals surface area contributed by atoms with Crippen molar-refractivity contribution in [3.05, 3.63) is 71.0 Å². The van der Waals surface area contributed by atoms with Crippen LogP contribution in [0.15, 0.2) is 48.7 Å². The van der Waals surface area contributed by atoms with Crippen molar-refractivity contribution in [2.24, 2.45) is 0 Å². The van der Waals surface area contributed by atoms with Gasteiger partial charge in [0.15, 0.2) is 0 Å². The molecule has 3 aliphatic rings. The Labute approximate surface area is 217 Å². The van der Waals surface area contributed by atoms with E-state index in [1.165, 1.54) is 10.2 Å². The molecule has 1 fully saturated rings. The predicted octanol–water partition coefficient (Wildman–Crippen LogP) is 5.43. The van der Waals surface area contributed by atoms with Gasteiger partial charge in [-0.05, 0) is 99.4 Å². The summed E-state index contributed by atoms with van der Waals surface area (Å²) < 4.78 is 12.4. The summed E-state index contributed by atoms with van der Waals surface area (Å²) in [6, 6.07) is 14.7. The summed E-state index contributed by atoms with van der Waals surface area (Å²) in [4.78, 5) is 28.3. The van der Waals surface area contributed by atoms with E-state index in [0.29, 0.717) is 6.42 Å². The molecule has 2 aromatic carbocycles. The van der Waals surface area contributed by atoms with Crippen LogP contribution >= 0.6 is 0 Å². The van der Waals surface area contributed by atoms with Gasteiger partial charge in [0.2, 0.25) is 0 Å². The minimum Gasteiger partial charge on any atom is -0.493 e. The Hall–Kier alpha value is -3.61. The molecule has 1 unspecified atom stereocenters. The van der Waals surface area contributed by atoms with Crippen LogP contribution in [-0.4, -0.2) is 51.0 Å². The van der Waals surface area contributed by atoms with E-state index in [0.717, 1.165) is 72.4 Å². The van der Waals surface area contributed by atoms with Crippen LogP contribution in [0.3, 0.4) is 0 Å². The average molecular weight is 500 g/mol. The topological polar surface area (TPSA) is 73.7 Å². The Kier molecular flexibility index (Phi) is 5.81. The molecule has 192 valence electrons. The van der Waals surface area contributed by atoms with Gasteiger partial charge in [-0.2, -0.15) is 9.78 Å². The van der Waals surface area contributed by atoms with E-state index in [1.807, 2.05) is 51.1 Å². The van der Waals surface area contributed by atoms with Crippen LogP contribution in [-0.2, 0) is 24.0 Å². The van der Waals surface area contributed by atoms with Crippen molar-refractivity contribution >= 4 is 12.0 Å². The molecule has 7 nitrogen and oxygen atoms in total. The monoisotopic (exact) mass is 499 g/mol. The number of fused-ring (bicyclic) bond motifs is 2. The lowest BCUT2D eigenvalue weighted by Crippen LogP contribution is -2.44. The van der Waals surface area contributed by atoms with E-state index in [2.05, 4.69) is 22.1 Å². The quantitative estimate of drug-likeness (QED) is 0.479. The molecule has 3 aromatic rings. The fraction of sp³-hybridized carbons (Fsp3) is 0.433. The number of hydrogen-bond donors (Lipinski definition) is 0. The molecule has 1 aromatic heterocycles. The highest BCUT2D eigenvalue weighted by Crippen LogP contribution is 2.35. The molecule has 37 heavy (non-hydrogen) atoms. The first-order chi connectivity index (χ1) is 17.7. The highest BCUT2D eigenvalue weighted by molar-refractivity contribution is 5.95. The lowest BCUT2D eigenvalue weighted by atomic mass is 9.91. The number of nitrogens with zero attached hydrogens (tertiary/aromatic N) is 3. The molecule has 1 amide bonds. The Balaban J connectivity index is 1.18. The van der Waals surface area contributed by atoms with Gasteiger partial charge in [-0.25, -0.2) is 4.79 Å². The zero-order valence-corrected chi connectivity index (χ0v) is 21.7. The normalized spacial score (nSPS) is 18.5. The van der Waals surface area contributed by atoms with E-state index >= 15 is 0 Å². The molecule has 1 saturated carbocycles. The Bertz CT molecular complexity index is 1350. The van der Waals surface area contributed by atoms with Crippen molar-refractivity contribution in [3.8, 4) is 16.9 Å². The summed E-state index contributed by atoms with van der Waals surface area (Å²) in [5, 5.41) is 4.48. The second kappa shape index (κ2) is 9.05. The fourth-order valence-electron chi connectivity index (χ4n) is 5.43. The standard InChI is InChI=1S/C30H33N3O4/c1-30(2,3)37-29(35)32-18-23-17-25(11-12-26(23)31-32)33(24-9-10-24)28(34)20-6-4-19(5-7-20)21-8-13-27-22(16-21)14-15-36-27/h4-8,13,16,18,24-25H,9-12,14-15,17H2,1-3H3. The maximum atomic E-state index is 13.7. The van der Waals surface area contributed by atoms with Crippen molar-refractivity contribution < 1.29 is 19.1 Å². The van der Waals surface area contributed by atoms with Gasteiger partial charge in [0.05, 0.1) is 12.3 Å². The molecule has 0 bridgehead atoms. The van der Waals surface area contributed by atoms with Gasteiger partial charge in [0.25, 0.3) is 5.91 Å². The smallest absolute Gasteiger partial charge is 0.435 e. The second-order valence-electron chi connectivity index (χ2n) is 11.4. The highest BCUT2D eigenvalue weighted by Gasteiger charge is 2.39. The molecule has 1 aliphatic heterocycles. The van der Waals surface area contributed by atoms with Gasteiger partial charge < -0.3 is 14.4 Å². The molecule has 2 aliphatic carbocycles. The maximum Gasteiger partial charge on any atom is 0.435 e. The molecule has 0 spiro atoms. The van der Waals surface area contributed by atoms with Gasteiger partial charge in [-0.1, -0.05) is 18.2 Å². The summed E-state index contributed by atoms with van der Waals surface area (Å²) in [7, 11) is 0. The zero-order chi connectivity index (χ0) is 25.7. The third-order valence-electron chi connectivity index (χ3n) is 7.35. The van der Waals surface area contributed by atoms with Crippen LogP contribution in [0, 0.1) is 0 Å². The Morgan fingerprint density at radius 2 is 1.73 bits per heavy atom. The van der Waals surface area contributed by atoms with E-state index in [9.17, 15) is 9.59 Å². The number of aromatic nitrogens is 2. The highest BCUT2D eigenvalue weighted by atomic mass is 16.6. The number of rotatable bonds is 4. The summed E-state index contributed by atoms with van der Waals surface area (Å²) in [6.07, 6.45) is 6.63. The third-order valence-corrected chi connectivity index (χ3v) is 7.35. The van der Waals surface area contributed by atoms with Gasteiger partial charge in [-0.15, -0.1) is 0 Å². The Morgan fingerprint density at radius 3 is 2.46 bits per heavy atom. The molecule has 6 rings (SSSR count). The zero-order valence-electron chi connectivity index (χ0n) is 21.7. The van der Waals surface area contributed by atoms with Crippen LogP contribution in [0.2, 0.25) is 0 Å². The van der Waals surface area contributed by atoms with Crippen molar-refractivity contribution in [1.82, 2.24) is 14.7 Å². The van der Waals surface area contributed by atoms with Crippen LogP contribution < -0.4 is 4.74 Å². The van der Waals surface area contributed by atoms with Crippen molar-refractivity contribution in [3.63, 3.8) is 0 Å². The van der Waals surface area contributed by atoms with Gasteiger partial charge in [-0.3, -0.25) is 4.79 Å². The first kappa shape index (κ1) is 23.8. The minimum absolute atomic E-state index is 0.0874. The number of carbonyl (C=O) groups excluding carboxylic acids is 2. The minimum atomic E-state index is -0.578. The van der Waals surface area contributed by atoms with Gasteiger partial charge >= 0.3 is 6.09 Å². The molecule has 7 heteroatoms. The molecule has 0 saturated heterocycles. The molecular formula is C30H33N3O4. The molecular weight excluding hydrogens is 466 g/mol. The van der Waals surface area contributed by atoms with E-state index in [4.69, 9.17) is 9.47 Å². The third kappa shape index (κ3) is 4.87. The first-order valence-corrected chi connectivity index (χ1v) is 13.2. The van der Waals surface area contributed by atoms with Crippen LogP contribution in [0.5, 0.6) is 5.75 Å². The van der Waals surface area contributed by atoms with Crippen LogP contribution in [0.4, 0.5) is 4.79 Å². The molecule has 0 N–H and O–H groups in total. The summed E-state index contributed by atoms with van der Waals surface area (Å²) >= 11 is 0. The lowest BCUT2D eigenvalue weighted by Gasteiger charge is -2.34. The SMILES string of the molecule is CC(C)(C)OC(=O)n1cc2c(n1)CCC(N(C(=O)c1ccc(-c3ccc4c(c3)CCO4)cc1)C1CC1)C2. The lowest BCUT2D eigenvalue weighted by molar-refractivity contribution is 0.0513. The number of ether oxygens (including phenoxy) is 2. The number of aryl methyl sites for hydroxylation is 1. The summed E-state index contributed by atoms with van der Waals surface area (Å²) in [5.74, 6) is 1.06. The van der Waals surface area contributed by atoms with E-state index in [1.54, 1.807) is 6.20 Å². The predicted molar refractivity (Wildman–Crippen MR) is 140 cm³/mol. The van der Waals surface area contributed by atoms with Crippen molar-refractivity contribution in [2.45, 2.75) is 77.0 Å². The first-order valence-electron chi connectivity index (χ1n) is 13.2. The average Bonchev–Trinajstić information content (AvgIpc) is 3.42. The van der Waals surface area contributed by atoms with Crippen molar-refractivity contribution in [2.75, 3.05) is 6.61 Å². The van der Waals surface area contributed by atoms with E-state index in [-0.39, 0.29) is 18.0 Å². The van der Waals surface area contributed by atoms with E-state index < -0.39 is 11.7 Å². The van der Waals surface area contributed by atoms with Crippen LogP contribution in [0.25, 0.3) is 11.1 Å². The van der Waals surface area contributed by atoms with Gasteiger partial charge in [0, 0.05) is 30.3 Å². The van der Waals surface area contributed by atoms with Gasteiger partial charge in [0.1, 0.15) is 11.4 Å². The Morgan fingerprint density at radius 1 is 0.973 bits per heavy atom. The molecule has 1 atom stereocenters. The fourth-order valence-corrected chi connectivity index (χ4v) is 5.43. The van der Waals surface area contributed by atoms with Crippen molar-refractivity contribution in [1.29, 1.82) is 0 Å². The molecule has 0 radical (unpaired) electrons. The second-order valence-corrected chi connectivity index (χ2v) is 11.4.